The summed E-state index contributed by atoms with van der Waals surface area (Å²) in [5.74, 6) is 2.10. The molecule has 0 bridgehead atoms. The molecule has 4 rings (SSSR count). The zero-order valence-electron chi connectivity index (χ0n) is 15.2. The molecule has 1 aliphatic carbocycles. The third kappa shape index (κ3) is 2.62. The second kappa shape index (κ2) is 5.90. The van der Waals surface area contributed by atoms with Gasteiger partial charge >= 0.3 is 0 Å². The normalized spacial score (nSPS) is 21.4. The van der Waals surface area contributed by atoms with Crippen molar-refractivity contribution in [1.82, 2.24) is 14.5 Å². The standard InChI is InChI=1S/C20H25N3O2/c1-14-13-22(2)18(21-14)17-5-4-12-23(17)19(24)20(10-11-20)15-6-8-16(25-3)9-7-15/h6-9,13,17H,4-5,10-12H2,1-3H3/t17-/m0/s1. The monoisotopic (exact) mass is 339 g/mol. The largest absolute Gasteiger partial charge is 0.497 e. The molecule has 0 unspecified atom stereocenters. The number of imidazole rings is 1. The van der Waals surface area contributed by atoms with Crippen LogP contribution in [-0.4, -0.2) is 34.0 Å². The molecule has 1 aromatic heterocycles. The summed E-state index contributed by atoms with van der Waals surface area (Å²) in [6.45, 7) is 2.83. The molecule has 1 aromatic carbocycles. The van der Waals surface area contributed by atoms with Crippen LogP contribution in [0.4, 0.5) is 0 Å². The minimum Gasteiger partial charge on any atom is -0.497 e. The van der Waals surface area contributed by atoms with Crippen LogP contribution in [0.3, 0.4) is 0 Å². The van der Waals surface area contributed by atoms with Crippen LogP contribution in [0.5, 0.6) is 5.75 Å². The van der Waals surface area contributed by atoms with E-state index in [0.29, 0.717) is 0 Å². The zero-order chi connectivity index (χ0) is 17.6. The van der Waals surface area contributed by atoms with Gasteiger partial charge in [-0.25, -0.2) is 4.98 Å². The van der Waals surface area contributed by atoms with E-state index in [4.69, 9.17) is 4.74 Å². The summed E-state index contributed by atoms with van der Waals surface area (Å²) in [5, 5.41) is 0. The average Bonchev–Trinajstić information content (AvgIpc) is 3.16. The summed E-state index contributed by atoms with van der Waals surface area (Å²) < 4.78 is 7.31. The lowest BCUT2D eigenvalue weighted by Crippen LogP contribution is -2.39. The van der Waals surface area contributed by atoms with Crippen LogP contribution in [0.25, 0.3) is 0 Å². The van der Waals surface area contributed by atoms with Crippen LogP contribution in [-0.2, 0) is 17.3 Å². The Hall–Kier alpha value is -2.30. The molecule has 1 amide bonds. The van der Waals surface area contributed by atoms with Gasteiger partial charge in [0.15, 0.2) is 0 Å². The molecule has 132 valence electrons. The third-order valence-electron chi connectivity index (χ3n) is 5.65. The minimum absolute atomic E-state index is 0.0990. The first-order valence-electron chi connectivity index (χ1n) is 9.00. The van der Waals surface area contributed by atoms with Gasteiger partial charge in [0.05, 0.1) is 24.3 Å². The number of aryl methyl sites for hydroxylation is 2. The number of benzene rings is 1. The molecule has 0 N–H and O–H groups in total. The van der Waals surface area contributed by atoms with Gasteiger partial charge in [-0.2, -0.15) is 0 Å². The van der Waals surface area contributed by atoms with Crippen molar-refractivity contribution >= 4 is 5.91 Å². The van der Waals surface area contributed by atoms with E-state index in [0.717, 1.165) is 55.1 Å². The Bertz CT molecular complexity index is 790. The van der Waals surface area contributed by atoms with E-state index in [-0.39, 0.29) is 17.4 Å². The Morgan fingerprint density at radius 1 is 1.28 bits per heavy atom. The maximum Gasteiger partial charge on any atom is 0.233 e. The quantitative estimate of drug-likeness (QED) is 0.860. The molecule has 5 heteroatoms. The van der Waals surface area contributed by atoms with Gasteiger partial charge in [0.1, 0.15) is 11.6 Å². The predicted molar refractivity (Wildman–Crippen MR) is 95.5 cm³/mol. The molecule has 2 heterocycles. The maximum atomic E-state index is 13.4. The van der Waals surface area contributed by atoms with Gasteiger partial charge in [-0.05, 0) is 50.3 Å². The van der Waals surface area contributed by atoms with E-state index in [2.05, 4.69) is 14.5 Å². The average molecular weight is 339 g/mol. The Morgan fingerprint density at radius 2 is 2.00 bits per heavy atom. The number of likely N-dealkylation sites (tertiary alicyclic amines) is 1. The molecule has 5 nitrogen and oxygen atoms in total. The summed E-state index contributed by atoms with van der Waals surface area (Å²) in [4.78, 5) is 20.2. The molecule has 1 saturated heterocycles. The lowest BCUT2D eigenvalue weighted by molar-refractivity contribution is -0.135. The van der Waals surface area contributed by atoms with Crippen LogP contribution in [0.1, 0.15) is 48.8 Å². The SMILES string of the molecule is COc1ccc(C2(C(=O)N3CCC[C@H]3c3nc(C)cn3C)CC2)cc1. The molecule has 2 aliphatic rings. The molecule has 0 spiro atoms. The van der Waals surface area contributed by atoms with E-state index in [1.54, 1.807) is 7.11 Å². The Balaban J connectivity index is 1.62. The molecule has 0 radical (unpaired) electrons. The lowest BCUT2D eigenvalue weighted by Gasteiger charge is -2.29. The first-order chi connectivity index (χ1) is 12.0. The van der Waals surface area contributed by atoms with E-state index >= 15 is 0 Å². The number of aromatic nitrogens is 2. The number of methoxy groups -OCH3 is 1. The molecule has 1 saturated carbocycles. The summed E-state index contributed by atoms with van der Waals surface area (Å²) in [6, 6.07) is 8.08. The first kappa shape index (κ1) is 16.2. The van der Waals surface area contributed by atoms with Crippen LogP contribution in [0.2, 0.25) is 0 Å². The van der Waals surface area contributed by atoms with Crippen molar-refractivity contribution in [3.8, 4) is 5.75 Å². The van der Waals surface area contributed by atoms with Gasteiger partial charge in [-0.15, -0.1) is 0 Å². The first-order valence-corrected chi connectivity index (χ1v) is 9.00. The molecule has 1 atom stereocenters. The van der Waals surface area contributed by atoms with Gasteiger partial charge < -0.3 is 14.2 Å². The van der Waals surface area contributed by atoms with Crippen LogP contribution in [0, 0.1) is 6.92 Å². The van der Waals surface area contributed by atoms with E-state index in [1.807, 2.05) is 44.4 Å². The third-order valence-corrected chi connectivity index (χ3v) is 5.65. The van der Waals surface area contributed by atoms with Crippen LogP contribution < -0.4 is 4.74 Å². The summed E-state index contributed by atoms with van der Waals surface area (Å²) in [6.07, 6.45) is 5.93. The van der Waals surface area contributed by atoms with Gasteiger partial charge in [0.2, 0.25) is 5.91 Å². The van der Waals surface area contributed by atoms with Crippen molar-refractivity contribution in [1.29, 1.82) is 0 Å². The predicted octanol–water partition coefficient (Wildman–Crippen LogP) is 3.13. The number of carbonyl (C=O) groups is 1. The maximum absolute atomic E-state index is 13.4. The zero-order valence-corrected chi connectivity index (χ0v) is 15.2. The van der Waals surface area contributed by atoms with Crippen LogP contribution in [0.15, 0.2) is 30.5 Å². The highest BCUT2D eigenvalue weighted by Crippen LogP contribution is 2.51. The van der Waals surface area contributed by atoms with Crippen molar-refractivity contribution in [3.63, 3.8) is 0 Å². The number of hydrogen-bond donors (Lipinski definition) is 0. The molecular weight excluding hydrogens is 314 g/mol. The summed E-state index contributed by atoms with van der Waals surface area (Å²) >= 11 is 0. The molecule has 1 aliphatic heterocycles. The second-order valence-corrected chi connectivity index (χ2v) is 7.32. The highest BCUT2D eigenvalue weighted by molar-refractivity contribution is 5.91. The van der Waals surface area contributed by atoms with Crippen molar-refractivity contribution in [3.05, 3.63) is 47.5 Å². The molecule has 2 aromatic rings. The van der Waals surface area contributed by atoms with Crippen molar-refractivity contribution in [2.75, 3.05) is 13.7 Å². The summed E-state index contributed by atoms with van der Waals surface area (Å²) in [5.41, 5.74) is 1.78. The number of carbonyl (C=O) groups excluding carboxylic acids is 1. The number of ether oxygens (including phenoxy) is 1. The van der Waals surface area contributed by atoms with E-state index < -0.39 is 0 Å². The fourth-order valence-corrected chi connectivity index (χ4v) is 4.16. The van der Waals surface area contributed by atoms with Crippen molar-refractivity contribution in [2.45, 2.75) is 44.1 Å². The molecule has 2 fully saturated rings. The fraction of sp³-hybridized carbons (Fsp3) is 0.500. The fourth-order valence-electron chi connectivity index (χ4n) is 4.16. The highest BCUT2D eigenvalue weighted by atomic mass is 16.5. The van der Waals surface area contributed by atoms with Gasteiger partial charge in [0, 0.05) is 19.8 Å². The summed E-state index contributed by atoms with van der Waals surface area (Å²) in [7, 11) is 3.68. The lowest BCUT2D eigenvalue weighted by atomic mass is 9.93. The highest BCUT2D eigenvalue weighted by Gasteiger charge is 2.54. The van der Waals surface area contributed by atoms with Gasteiger partial charge in [0.25, 0.3) is 0 Å². The van der Waals surface area contributed by atoms with Crippen LogP contribution >= 0.6 is 0 Å². The van der Waals surface area contributed by atoms with E-state index in [9.17, 15) is 4.79 Å². The van der Waals surface area contributed by atoms with Gasteiger partial charge in [-0.1, -0.05) is 12.1 Å². The minimum atomic E-state index is -0.338. The smallest absolute Gasteiger partial charge is 0.233 e. The number of hydrogen-bond acceptors (Lipinski definition) is 3. The van der Waals surface area contributed by atoms with E-state index in [1.165, 1.54) is 0 Å². The number of rotatable bonds is 4. The number of amides is 1. The number of nitrogens with zero attached hydrogens (tertiary/aromatic N) is 3. The Morgan fingerprint density at radius 3 is 2.56 bits per heavy atom. The molecule has 25 heavy (non-hydrogen) atoms. The Kier molecular flexibility index (Phi) is 3.82. The molecular formula is C20H25N3O2. The topological polar surface area (TPSA) is 47.4 Å². The van der Waals surface area contributed by atoms with Crippen molar-refractivity contribution in [2.24, 2.45) is 7.05 Å². The second-order valence-electron chi connectivity index (χ2n) is 7.32. The van der Waals surface area contributed by atoms with Crippen molar-refractivity contribution < 1.29 is 9.53 Å². The Labute approximate surface area is 148 Å². The van der Waals surface area contributed by atoms with Gasteiger partial charge in [-0.3, -0.25) is 4.79 Å².